The zero-order valence-corrected chi connectivity index (χ0v) is 18.8. The van der Waals surface area contributed by atoms with Crippen molar-refractivity contribution < 1.29 is 4.79 Å². The predicted octanol–water partition coefficient (Wildman–Crippen LogP) is 1.27. The van der Waals surface area contributed by atoms with Crippen molar-refractivity contribution in [2.45, 2.75) is 76.0 Å². The van der Waals surface area contributed by atoms with E-state index >= 15 is 0 Å². The van der Waals surface area contributed by atoms with Gasteiger partial charge in [-0.15, -0.1) is 0 Å². The van der Waals surface area contributed by atoms with E-state index in [1.807, 2.05) is 4.52 Å². The summed E-state index contributed by atoms with van der Waals surface area (Å²) in [6, 6.07) is 2.61. The number of amides is 1. The zero-order chi connectivity index (χ0) is 21.8. The molecule has 0 radical (unpaired) electrons. The Kier molecular flexibility index (Phi) is 5.07. The third-order valence-electron chi connectivity index (χ3n) is 7.70. The summed E-state index contributed by atoms with van der Waals surface area (Å²) in [5.74, 6) is 1.95. The van der Waals surface area contributed by atoms with E-state index in [1.54, 1.807) is 0 Å². The van der Waals surface area contributed by atoms with Gasteiger partial charge in [-0.1, -0.05) is 0 Å². The van der Waals surface area contributed by atoms with E-state index in [0.717, 1.165) is 80.4 Å². The van der Waals surface area contributed by atoms with Gasteiger partial charge in [0, 0.05) is 49.5 Å². The van der Waals surface area contributed by atoms with Crippen molar-refractivity contribution in [3.63, 3.8) is 0 Å². The van der Waals surface area contributed by atoms with Gasteiger partial charge in [0.1, 0.15) is 11.9 Å². The number of aromatic nitrogens is 3. The first kappa shape index (κ1) is 20.4. The number of hydrogen-bond acceptors (Lipinski definition) is 7. The first-order chi connectivity index (χ1) is 15.6. The minimum Gasteiger partial charge on any atom is -0.355 e. The third kappa shape index (κ3) is 3.66. The Morgan fingerprint density at radius 3 is 2.81 bits per heavy atom. The Bertz CT molecular complexity index is 1020. The maximum Gasteiger partial charge on any atom is 0.241 e. The normalized spacial score (nSPS) is 31.1. The average molecular weight is 439 g/mol. The molecule has 4 N–H and O–H groups in total. The first-order valence-corrected chi connectivity index (χ1v) is 12.3. The summed E-state index contributed by atoms with van der Waals surface area (Å²) in [6.45, 7) is 4.67. The maximum atomic E-state index is 13.5. The second kappa shape index (κ2) is 7.97. The van der Waals surface area contributed by atoms with Gasteiger partial charge in [0.2, 0.25) is 5.91 Å². The standard InChI is InChI=1S/C23H34N8O/c1-14-12-31-21(25-22(14)29-9-7-16(24)13-29)11-18(28-31)20-4-2-3-8-30(20)23(32)19-10-17(26-27-19)15-5-6-15/h11-12,15-17,19-20,26-27H,2-10,13,24H2,1H3/t16-,17?,19?,20-/m0/s1. The Morgan fingerprint density at radius 1 is 1.16 bits per heavy atom. The van der Waals surface area contributed by atoms with Crippen LogP contribution in [0.1, 0.15) is 62.2 Å². The molecule has 2 aromatic heterocycles. The van der Waals surface area contributed by atoms with Crippen molar-refractivity contribution in [3.05, 3.63) is 23.5 Å². The van der Waals surface area contributed by atoms with Crippen LogP contribution in [0.15, 0.2) is 12.3 Å². The lowest BCUT2D eigenvalue weighted by atomic mass is 9.97. The van der Waals surface area contributed by atoms with Crippen molar-refractivity contribution in [2.75, 3.05) is 24.5 Å². The molecule has 172 valence electrons. The Balaban J connectivity index is 1.25. The summed E-state index contributed by atoms with van der Waals surface area (Å²) in [7, 11) is 0. The van der Waals surface area contributed by atoms with Crippen LogP contribution in [-0.2, 0) is 4.79 Å². The minimum atomic E-state index is -0.135. The van der Waals surface area contributed by atoms with E-state index in [-0.39, 0.29) is 24.0 Å². The van der Waals surface area contributed by atoms with Gasteiger partial charge in [-0.05, 0) is 57.8 Å². The molecule has 1 amide bonds. The van der Waals surface area contributed by atoms with Gasteiger partial charge in [0.05, 0.1) is 11.7 Å². The molecule has 0 aromatic carbocycles. The number of rotatable bonds is 4. The molecule has 4 fully saturated rings. The molecule has 2 unspecified atom stereocenters. The number of fused-ring (bicyclic) bond motifs is 1. The number of piperidine rings is 1. The highest BCUT2D eigenvalue weighted by Crippen LogP contribution is 2.37. The summed E-state index contributed by atoms with van der Waals surface area (Å²) >= 11 is 0. The fourth-order valence-electron chi connectivity index (χ4n) is 5.74. The van der Waals surface area contributed by atoms with Gasteiger partial charge in [-0.2, -0.15) is 5.10 Å². The number of hydrogen-bond donors (Lipinski definition) is 3. The van der Waals surface area contributed by atoms with Gasteiger partial charge in [-0.3, -0.25) is 10.2 Å². The molecule has 6 rings (SSSR count). The SMILES string of the molecule is Cc1cn2nc([C@@H]3CCCCN3C(=O)C3CC(C4CC4)NN3)cc2nc1N1CC[C@H](N)C1. The molecular weight excluding hydrogens is 404 g/mol. The molecular formula is C23H34N8O. The van der Waals surface area contributed by atoms with Crippen LogP contribution in [0.5, 0.6) is 0 Å². The number of carbonyl (C=O) groups is 1. The molecule has 9 nitrogen and oxygen atoms in total. The lowest BCUT2D eigenvalue weighted by Crippen LogP contribution is -2.48. The molecule has 4 aliphatic rings. The lowest BCUT2D eigenvalue weighted by Gasteiger charge is -2.36. The summed E-state index contributed by atoms with van der Waals surface area (Å²) in [5.41, 5.74) is 15.7. The highest BCUT2D eigenvalue weighted by Gasteiger charge is 2.42. The van der Waals surface area contributed by atoms with Crippen molar-refractivity contribution >= 4 is 17.4 Å². The van der Waals surface area contributed by atoms with Crippen molar-refractivity contribution in [3.8, 4) is 0 Å². The van der Waals surface area contributed by atoms with E-state index in [9.17, 15) is 4.79 Å². The monoisotopic (exact) mass is 438 g/mol. The van der Waals surface area contributed by atoms with Gasteiger partial charge in [0.25, 0.3) is 0 Å². The number of hydrazine groups is 1. The predicted molar refractivity (Wildman–Crippen MR) is 122 cm³/mol. The smallest absolute Gasteiger partial charge is 0.241 e. The topological polar surface area (TPSA) is 104 Å². The van der Waals surface area contributed by atoms with Gasteiger partial charge >= 0.3 is 0 Å². The maximum absolute atomic E-state index is 13.5. The molecule has 32 heavy (non-hydrogen) atoms. The largest absolute Gasteiger partial charge is 0.355 e. The van der Waals surface area contributed by atoms with E-state index < -0.39 is 0 Å². The number of carbonyl (C=O) groups excluding carboxylic acids is 1. The van der Waals surface area contributed by atoms with E-state index in [2.05, 4.69) is 39.8 Å². The Hall–Kier alpha value is -2.23. The van der Waals surface area contributed by atoms with Crippen LogP contribution in [0.4, 0.5) is 5.82 Å². The lowest BCUT2D eigenvalue weighted by molar-refractivity contribution is -0.137. The van der Waals surface area contributed by atoms with Crippen LogP contribution >= 0.6 is 0 Å². The minimum absolute atomic E-state index is 0.0173. The second-order valence-electron chi connectivity index (χ2n) is 10.2. The molecule has 9 heteroatoms. The molecule has 4 atom stereocenters. The zero-order valence-electron chi connectivity index (χ0n) is 18.8. The van der Waals surface area contributed by atoms with Crippen molar-refractivity contribution in [1.29, 1.82) is 0 Å². The molecule has 1 aliphatic carbocycles. The Morgan fingerprint density at radius 2 is 2.03 bits per heavy atom. The number of nitrogens with zero attached hydrogens (tertiary/aromatic N) is 5. The number of nitrogens with two attached hydrogens (primary N) is 1. The fourth-order valence-corrected chi connectivity index (χ4v) is 5.74. The van der Waals surface area contributed by atoms with Gasteiger partial charge in [0.15, 0.2) is 5.65 Å². The quantitative estimate of drug-likeness (QED) is 0.660. The van der Waals surface area contributed by atoms with Crippen LogP contribution in [0.25, 0.3) is 5.65 Å². The van der Waals surface area contributed by atoms with E-state index in [0.29, 0.717) is 6.04 Å². The summed E-state index contributed by atoms with van der Waals surface area (Å²) < 4.78 is 1.87. The highest BCUT2D eigenvalue weighted by molar-refractivity contribution is 5.82. The average Bonchev–Trinajstić information content (AvgIpc) is 3.19. The van der Waals surface area contributed by atoms with Crippen LogP contribution in [-0.4, -0.2) is 63.2 Å². The molecule has 3 saturated heterocycles. The van der Waals surface area contributed by atoms with Crippen molar-refractivity contribution in [1.82, 2.24) is 30.3 Å². The third-order valence-corrected chi connectivity index (χ3v) is 7.70. The van der Waals surface area contributed by atoms with Crippen LogP contribution in [0.2, 0.25) is 0 Å². The fraction of sp³-hybridized carbons (Fsp3) is 0.696. The molecule has 0 bridgehead atoms. The van der Waals surface area contributed by atoms with Crippen molar-refractivity contribution in [2.24, 2.45) is 11.7 Å². The van der Waals surface area contributed by atoms with E-state index in [1.165, 1.54) is 12.8 Å². The number of likely N-dealkylation sites (tertiary alicyclic amines) is 1. The first-order valence-electron chi connectivity index (χ1n) is 12.3. The summed E-state index contributed by atoms with van der Waals surface area (Å²) in [6.07, 6.45) is 9.64. The molecule has 5 heterocycles. The number of anilines is 1. The van der Waals surface area contributed by atoms with Crippen LogP contribution in [0.3, 0.4) is 0 Å². The Labute approximate surface area is 188 Å². The van der Waals surface area contributed by atoms with E-state index in [4.69, 9.17) is 15.8 Å². The summed E-state index contributed by atoms with van der Waals surface area (Å²) in [4.78, 5) is 22.7. The van der Waals surface area contributed by atoms with Crippen LogP contribution < -0.4 is 21.5 Å². The summed E-state index contributed by atoms with van der Waals surface area (Å²) in [5, 5.41) is 4.87. The van der Waals surface area contributed by atoms with Gasteiger partial charge < -0.3 is 15.5 Å². The highest BCUT2D eigenvalue weighted by atomic mass is 16.2. The second-order valence-corrected chi connectivity index (χ2v) is 10.2. The van der Waals surface area contributed by atoms with Gasteiger partial charge in [-0.25, -0.2) is 14.9 Å². The molecule has 3 aliphatic heterocycles. The molecule has 0 spiro atoms. The number of nitrogens with one attached hydrogen (secondary N) is 2. The molecule has 2 aromatic rings. The van der Waals surface area contributed by atoms with Crippen LogP contribution in [0, 0.1) is 12.8 Å². The molecule has 1 saturated carbocycles. The number of aryl methyl sites for hydroxylation is 1.